The van der Waals surface area contributed by atoms with Gasteiger partial charge in [0.05, 0.1) is 18.3 Å². The summed E-state index contributed by atoms with van der Waals surface area (Å²) in [6.07, 6.45) is 1.13. The molecular weight excluding hydrogens is 316 g/mol. The SMILES string of the molecule is COc1ccc(S(=O)(=O)N2CCN(S(C)(=O)=O)CC2)cc1. The van der Waals surface area contributed by atoms with Gasteiger partial charge in [0.2, 0.25) is 20.0 Å². The molecule has 0 unspecified atom stereocenters. The Morgan fingerprint density at radius 3 is 1.81 bits per heavy atom. The predicted molar refractivity (Wildman–Crippen MR) is 78.2 cm³/mol. The van der Waals surface area contributed by atoms with Gasteiger partial charge in [0, 0.05) is 26.2 Å². The van der Waals surface area contributed by atoms with Crippen LogP contribution in [0.5, 0.6) is 5.75 Å². The van der Waals surface area contributed by atoms with E-state index in [0.717, 1.165) is 6.26 Å². The second-order valence-corrected chi connectivity index (χ2v) is 8.66. The summed E-state index contributed by atoms with van der Waals surface area (Å²) in [7, 11) is -5.36. The fourth-order valence-electron chi connectivity index (χ4n) is 2.14. The smallest absolute Gasteiger partial charge is 0.243 e. The van der Waals surface area contributed by atoms with E-state index in [1.807, 2.05) is 0 Å². The van der Waals surface area contributed by atoms with Crippen LogP contribution < -0.4 is 4.74 Å². The van der Waals surface area contributed by atoms with Crippen molar-refractivity contribution in [3.63, 3.8) is 0 Å². The fourth-order valence-corrected chi connectivity index (χ4v) is 4.39. The second kappa shape index (κ2) is 5.91. The third kappa shape index (κ3) is 3.54. The summed E-state index contributed by atoms with van der Waals surface area (Å²) in [5.41, 5.74) is 0. The number of sulfonamides is 2. The number of piperazine rings is 1. The van der Waals surface area contributed by atoms with Crippen LogP contribution in [0.2, 0.25) is 0 Å². The summed E-state index contributed by atoms with van der Waals surface area (Å²) in [6, 6.07) is 6.13. The molecule has 2 rings (SSSR count). The molecule has 7 nitrogen and oxygen atoms in total. The van der Waals surface area contributed by atoms with E-state index in [-0.39, 0.29) is 31.1 Å². The van der Waals surface area contributed by atoms with Crippen LogP contribution >= 0.6 is 0 Å². The maximum atomic E-state index is 12.5. The molecule has 9 heteroatoms. The van der Waals surface area contributed by atoms with Gasteiger partial charge in [-0.3, -0.25) is 0 Å². The Hall–Kier alpha value is -1.16. The molecular formula is C12H18N2O5S2. The second-order valence-electron chi connectivity index (χ2n) is 4.74. The van der Waals surface area contributed by atoms with E-state index in [1.165, 1.54) is 27.9 Å². The van der Waals surface area contributed by atoms with Crippen LogP contribution in [-0.2, 0) is 20.0 Å². The minimum Gasteiger partial charge on any atom is -0.497 e. The molecule has 1 aromatic rings. The van der Waals surface area contributed by atoms with Crippen molar-refractivity contribution in [1.29, 1.82) is 0 Å². The summed E-state index contributed by atoms with van der Waals surface area (Å²) in [5, 5.41) is 0. The molecule has 1 fully saturated rings. The molecule has 0 atom stereocenters. The van der Waals surface area contributed by atoms with Gasteiger partial charge in [-0.15, -0.1) is 0 Å². The van der Waals surface area contributed by atoms with E-state index >= 15 is 0 Å². The summed E-state index contributed by atoms with van der Waals surface area (Å²) >= 11 is 0. The minimum absolute atomic E-state index is 0.154. The average Bonchev–Trinajstić information content (AvgIpc) is 2.46. The molecule has 0 amide bonds. The molecule has 1 heterocycles. The zero-order chi connectivity index (χ0) is 15.7. The van der Waals surface area contributed by atoms with Crippen molar-refractivity contribution in [2.75, 3.05) is 39.5 Å². The van der Waals surface area contributed by atoms with Crippen molar-refractivity contribution in [2.45, 2.75) is 4.90 Å². The lowest BCUT2D eigenvalue weighted by Gasteiger charge is -2.32. The molecule has 0 aromatic heterocycles. The molecule has 21 heavy (non-hydrogen) atoms. The zero-order valence-electron chi connectivity index (χ0n) is 11.9. The first-order valence-corrected chi connectivity index (χ1v) is 9.63. The Labute approximate surface area is 125 Å². The van der Waals surface area contributed by atoms with Gasteiger partial charge in [-0.2, -0.15) is 8.61 Å². The first-order valence-electron chi connectivity index (χ1n) is 6.34. The molecule has 1 saturated heterocycles. The number of hydrogen-bond donors (Lipinski definition) is 0. The van der Waals surface area contributed by atoms with Crippen molar-refractivity contribution in [1.82, 2.24) is 8.61 Å². The van der Waals surface area contributed by atoms with Gasteiger partial charge in [0.1, 0.15) is 5.75 Å². The molecule has 0 bridgehead atoms. The van der Waals surface area contributed by atoms with Crippen LogP contribution in [0.25, 0.3) is 0 Å². The van der Waals surface area contributed by atoms with Crippen molar-refractivity contribution in [2.24, 2.45) is 0 Å². The van der Waals surface area contributed by atoms with E-state index < -0.39 is 20.0 Å². The predicted octanol–water partition coefficient (Wildman–Crippen LogP) is -0.0389. The third-order valence-electron chi connectivity index (χ3n) is 3.36. The number of benzene rings is 1. The lowest BCUT2D eigenvalue weighted by molar-refractivity contribution is 0.274. The van der Waals surface area contributed by atoms with E-state index in [1.54, 1.807) is 12.1 Å². The Bertz CT molecular complexity index is 690. The van der Waals surface area contributed by atoms with Crippen LogP contribution in [0.3, 0.4) is 0 Å². The van der Waals surface area contributed by atoms with Gasteiger partial charge in [0.25, 0.3) is 0 Å². The van der Waals surface area contributed by atoms with Gasteiger partial charge in [0.15, 0.2) is 0 Å². The summed E-state index contributed by atoms with van der Waals surface area (Å²) in [6.45, 7) is 0.658. The third-order valence-corrected chi connectivity index (χ3v) is 6.58. The van der Waals surface area contributed by atoms with Crippen LogP contribution in [0.1, 0.15) is 0 Å². The lowest BCUT2D eigenvalue weighted by atomic mass is 10.3. The van der Waals surface area contributed by atoms with Crippen molar-refractivity contribution < 1.29 is 21.6 Å². The zero-order valence-corrected chi connectivity index (χ0v) is 13.5. The van der Waals surface area contributed by atoms with Crippen LogP contribution in [0, 0.1) is 0 Å². The van der Waals surface area contributed by atoms with E-state index in [9.17, 15) is 16.8 Å². The van der Waals surface area contributed by atoms with Gasteiger partial charge in [-0.05, 0) is 24.3 Å². The Morgan fingerprint density at radius 2 is 1.38 bits per heavy atom. The molecule has 0 spiro atoms. The molecule has 0 N–H and O–H groups in total. The fraction of sp³-hybridized carbons (Fsp3) is 0.500. The summed E-state index contributed by atoms with van der Waals surface area (Å²) in [5.74, 6) is 0.579. The average molecular weight is 334 g/mol. The molecule has 1 aromatic carbocycles. The number of hydrogen-bond acceptors (Lipinski definition) is 5. The highest BCUT2D eigenvalue weighted by Crippen LogP contribution is 2.21. The highest BCUT2D eigenvalue weighted by atomic mass is 32.2. The molecule has 1 aliphatic rings. The first kappa shape index (κ1) is 16.2. The highest BCUT2D eigenvalue weighted by molar-refractivity contribution is 7.89. The van der Waals surface area contributed by atoms with E-state index in [2.05, 4.69) is 0 Å². The molecule has 0 saturated carbocycles. The Kier molecular flexibility index (Phi) is 4.57. The Morgan fingerprint density at radius 1 is 0.905 bits per heavy atom. The number of methoxy groups -OCH3 is 1. The highest BCUT2D eigenvalue weighted by Gasteiger charge is 2.31. The standard InChI is InChI=1S/C12H18N2O5S2/c1-19-11-3-5-12(6-4-11)21(17,18)14-9-7-13(8-10-14)20(2,15)16/h3-6H,7-10H2,1-2H3. The van der Waals surface area contributed by atoms with E-state index in [0.29, 0.717) is 5.75 Å². The van der Waals surface area contributed by atoms with Gasteiger partial charge in [-0.1, -0.05) is 0 Å². The molecule has 0 radical (unpaired) electrons. The number of nitrogens with zero attached hydrogens (tertiary/aromatic N) is 2. The van der Waals surface area contributed by atoms with Gasteiger partial charge in [-0.25, -0.2) is 16.8 Å². The topological polar surface area (TPSA) is 84.0 Å². The Balaban J connectivity index is 2.14. The van der Waals surface area contributed by atoms with Crippen LogP contribution in [0.15, 0.2) is 29.2 Å². The maximum absolute atomic E-state index is 12.5. The van der Waals surface area contributed by atoms with E-state index in [4.69, 9.17) is 4.74 Å². The number of rotatable bonds is 4. The summed E-state index contributed by atoms with van der Waals surface area (Å²) in [4.78, 5) is 0.177. The van der Waals surface area contributed by atoms with Crippen molar-refractivity contribution in [3.05, 3.63) is 24.3 Å². The molecule has 0 aliphatic carbocycles. The minimum atomic E-state index is -3.60. The lowest BCUT2D eigenvalue weighted by Crippen LogP contribution is -2.50. The first-order chi connectivity index (χ1) is 9.75. The quantitative estimate of drug-likeness (QED) is 0.771. The maximum Gasteiger partial charge on any atom is 0.243 e. The molecule has 118 valence electrons. The van der Waals surface area contributed by atoms with Gasteiger partial charge >= 0.3 is 0 Å². The van der Waals surface area contributed by atoms with Crippen molar-refractivity contribution in [3.8, 4) is 5.75 Å². The van der Waals surface area contributed by atoms with Gasteiger partial charge < -0.3 is 4.74 Å². The monoisotopic (exact) mass is 334 g/mol. The van der Waals surface area contributed by atoms with Crippen molar-refractivity contribution >= 4 is 20.0 Å². The van der Waals surface area contributed by atoms with Crippen LogP contribution in [0.4, 0.5) is 0 Å². The normalized spacial score (nSPS) is 18.6. The molecule has 1 aliphatic heterocycles. The summed E-state index contributed by atoms with van der Waals surface area (Å²) < 4.78 is 55.4. The largest absolute Gasteiger partial charge is 0.497 e. The number of ether oxygens (including phenoxy) is 1. The van der Waals surface area contributed by atoms with Crippen LogP contribution in [-0.4, -0.2) is 65.0 Å².